The minimum atomic E-state index is -0.703. The van der Waals surface area contributed by atoms with E-state index in [2.05, 4.69) is 10.3 Å². The number of thiophene rings is 1. The standard InChI is InChI=1S/C26H27N3O2S/c1-14-7-9-20(10-8-14)21-19(6)32-25-22(21)26(31)29(13-27-25)18(5)24(30)28-23-16(3)11-15(2)12-17(23)4/h7-13,18H,1-6H3,(H,28,30). The second kappa shape index (κ2) is 8.36. The monoisotopic (exact) mass is 445 g/mol. The van der Waals surface area contributed by atoms with Gasteiger partial charge in [0.1, 0.15) is 10.9 Å². The lowest BCUT2D eigenvalue weighted by Gasteiger charge is -2.18. The lowest BCUT2D eigenvalue weighted by atomic mass is 10.0. The number of anilines is 1. The average molecular weight is 446 g/mol. The minimum absolute atomic E-state index is 0.199. The highest BCUT2D eigenvalue weighted by molar-refractivity contribution is 7.19. The molecular weight excluding hydrogens is 418 g/mol. The fourth-order valence-corrected chi connectivity index (χ4v) is 5.19. The Morgan fingerprint density at radius 2 is 1.62 bits per heavy atom. The first-order valence-electron chi connectivity index (χ1n) is 10.6. The van der Waals surface area contributed by atoms with Crippen LogP contribution in [0.4, 0.5) is 5.69 Å². The lowest BCUT2D eigenvalue weighted by molar-refractivity contribution is -0.118. The molecule has 5 nitrogen and oxygen atoms in total. The van der Waals surface area contributed by atoms with Crippen molar-refractivity contribution < 1.29 is 4.79 Å². The highest BCUT2D eigenvalue weighted by Crippen LogP contribution is 2.35. The van der Waals surface area contributed by atoms with Gasteiger partial charge in [-0.15, -0.1) is 11.3 Å². The summed E-state index contributed by atoms with van der Waals surface area (Å²) in [6.45, 7) is 11.8. The highest BCUT2D eigenvalue weighted by Gasteiger charge is 2.22. The highest BCUT2D eigenvalue weighted by atomic mass is 32.1. The van der Waals surface area contributed by atoms with Gasteiger partial charge in [-0.1, -0.05) is 47.5 Å². The van der Waals surface area contributed by atoms with Gasteiger partial charge < -0.3 is 5.32 Å². The Hall–Kier alpha value is -3.25. The van der Waals surface area contributed by atoms with Crippen LogP contribution in [0.5, 0.6) is 0 Å². The number of hydrogen-bond donors (Lipinski definition) is 1. The molecular formula is C26H27N3O2S. The van der Waals surface area contributed by atoms with E-state index in [9.17, 15) is 9.59 Å². The topological polar surface area (TPSA) is 64.0 Å². The number of carbonyl (C=O) groups is 1. The van der Waals surface area contributed by atoms with Crippen molar-refractivity contribution in [3.8, 4) is 11.1 Å². The molecule has 0 aliphatic carbocycles. The van der Waals surface area contributed by atoms with Crippen molar-refractivity contribution in [1.82, 2.24) is 9.55 Å². The largest absolute Gasteiger partial charge is 0.324 e. The molecule has 2 aromatic carbocycles. The summed E-state index contributed by atoms with van der Waals surface area (Å²) in [4.78, 5) is 32.9. The predicted octanol–water partition coefficient (Wildman–Crippen LogP) is 5.87. The molecule has 0 radical (unpaired) electrons. The van der Waals surface area contributed by atoms with Gasteiger partial charge in [-0.25, -0.2) is 4.98 Å². The SMILES string of the molecule is Cc1ccc(-c2c(C)sc3ncn(C(C)C(=O)Nc4c(C)cc(C)cc4C)c(=O)c23)cc1. The van der Waals surface area contributed by atoms with Crippen molar-refractivity contribution in [2.45, 2.75) is 47.6 Å². The Kier molecular flexibility index (Phi) is 5.73. The van der Waals surface area contributed by atoms with Crippen LogP contribution in [0.3, 0.4) is 0 Å². The number of aryl methyl sites for hydroxylation is 5. The summed E-state index contributed by atoms with van der Waals surface area (Å²) in [5.74, 6) is -0.243. The maximum Gasteiger partial charge on any atom is 0.263 e. The van der Waals surface area contributed by atoms with Gasteiger partial charge in [0.25, 0.3) is 5.56 Å². The molecule has 164 valence electrons. The molecule has 1 amide bonds. The molecule has 0 bridgehead atoms. The number of carbonyl (C=O) groups excluding carboxylic acids is 1. The third kappa shape index (κ3) is 3.86. The first-order chi connectivity index (χ1) is 15.2. The van der Waals surface area contributed by atoms with Gasteiger partial charge in [0, 0.05) is 16.1 Å². The fraction of sp³-hybridized carbons (Fsp3) is 0.269. The van der Waals surface area contributed by atoms with Crippen LogP contribution >= 0.6 is 11.3 Å². The van der Waals surface area contributed by atoms with E-state index >= 15 is 0 Å². The first kappa shape index (κ1) is 22.0. The van der Waals surface area contributed by atoms with Gasteiger partial charge in [0.05, 0.1) is 11.7 Å². The normalized spacial score (nSPS) is 12.2. The van der Waals surface area contributed by atoms with Crippen LogP contribution < -0.4 is 10.9 Å². The summed E-state index contributed by atoms with van der Waals surface area (Å²) in [5.41, 5.74) is 6.78. The van der Waals surface area contributed by atoms with E-state index in [4.69, 9.17) is 0 Å². The number of nitrogens with zero attached hydrogens (tertiary/aromatic N) is 2. The van der Waals surface area contributed by atoms with Gasteiger partial charge in [0.15, 0.2) is 0 Å². The number of hydrogen-bond acceptors (Lipinski definition) is 4. The Bertz CT molecular complexity index is 1370. The van der Waals surface area contributed by atoms with Gasteiger partial charge in [-0.05, 0) is 58.2 Å². The molecule has 2 aromatic heterocycles. The molecule has 4 aromatic rings. The predicted molar refractivity (Wildman–Crippen MR) is 133 cm³/mol. The molecule has 0 fully saturated rings. The second-order valence-electron chi connectivity index (χ2n) is 8.48. The lowest BCUT2D eigenvalue weighted by Crippen LogP contribution is -2.32. The van der Waals surface area contributed by atoms with E-state index in [1.165, 1.54) is 22.2 Å². The van der Waals surface area contributed by atoms with Crippen LogP contribution in [0.2, 0.25) is 0 Å². The van der Waals surface area contributed by atoms with Gasteiger partial charge in [-0.2, -0.15) is 0 Å². The number of rotatable bonds is 4. The number of amides is 1. The molecule has 0 aliphatic rings. The van der Waals surface area contributed by atoms with Crippen molar-refractivity contribution >= 4 is 33.1 Å². The molecule has 1 unspecified atom stereocenters. The molecule has 2 heterocycles. The molecule has 0 saturated heterocycles. The molecule has 32 heavy (non-hydrogen) atoms. The van der Waals surface area contributed by atoms with Crippen LogP contribution in [0.1, 0.15) is 40.1 Å². The smallest absolute Gasteiger partial charge is 0.263 e. The summed E-state index contributed by atoms with van der Waals surface area (Å²) in [6.07, 6.45) is 1.48. The van der Waals surface area contributed by atoms with E-state index in [0.717, 1.165) is 43.9 Å². The summed E-state index contributed by atoms with van der Waals surface area (Å²) >= 11 is 1.50. The zero-order valence-corrected chi connectivity index (χ0v) is 20.1. The Morgan fingerprint density at radius 1 is 1.00 bits per heavy atom. The van der Waals surface area contributed by atoms with E-state index in [0.29, 0.717) is 10.2 Å². The number of nitrogens with one attached hydrogen (secondary N) is 1. The third-order valence-electron chi connectivity index (χ3n) is 5.88. The van der Waals surface area contributed by atoms with E-state index < -0.39 is 6.04 Å². The average Bonchev–Trinajstić information content (AvgIpc) is 3.07. The summed E-state index contributed by atoms with van der Waals surface area (Å²) in [6, 6.07) is 11.5. The van der Waals surface area contributed by atoms with E-state index in [-0.39, 0.29) is 11.5 Å². The van der Waals surface area contributed by atoms with E-state index in [1.807, 2.05) is 71.0 Å². The Balaban J connectivity index is 1.76. The van der Waals surface area contributed by atoms with Gasteiger partial charge in [-0.3, -0.25) is 14.2 Å². The molecule has 0 aliphatic heterocycles. The molecule has 1 atom stereocenters. The van der Waals surface area contributed by atoms with Crippen molar-refractivity contribution in [1.29, 1.82) is 0 Å². The fourth-order valence-electron chi connectivity index (χ4n) is 4.19. The van der Waals surface area contributed by atoms with Gasteiger partial charge >= 0.3 is 0 Å². The third-order valence-corrected chi connectivity index (χ3v) is 6.89. The van der Waals surface area contributed by atoms with Crippen LogP contribution in [0.15, 0.2) is 47.5 Å². The molecule has 1 N–H and O–H groups in total. The number of aromatic nitrogens is 2. The molecule has 6 heteroatoms. The van der Waals surface area contributed by atoms with Crippen LogP contribution in [-0.2, 0) is 4.79 Å². The Labute approximate surface area is 191 Å². The van der Waals surface area contributed by atoms with Crippen molar-refractivity contribution in [3.63, 3.8) is 0 Å². The summed E-state index contributed by atoms with van der Waals surface area (Å²) < 4.78 is 1.43. The van der Waals surface area contributed by atoms with Crippen LogP contribution in [0.25, 0.3) is 21.3 Å². The summed E-state index contributed by atoms with van der Waals surface area (Å²) in [5, 5.41) is 3.58. The van der Waals surface area contributed by atoms with Gasteiger partial charge in [0.2, 0.25) is 5.91 Å². The van der Waals surface area contributed by atoms with Crippen LogP contribution in [0, 0.1) is 34.6 Å². The zero-order chi connectivity index (χ0) is 23.2. The maximum absolute atomic E-state index is 13.5. The van der Waals surface area contributed by atoms with E-state index in [1.54, 1.807) is 6.92 Å². The summed E-state index contributed by atoms with van der Waals surface area (Å²) in [7, 11) is 0. The molecule has 4 rings (SSSR count). The maximum atomic E-state index is 13.5. The molecule has 0 spiro atoms. The minimum Gasteiger partial charge on any atom is -0.324 e. The Morgan fingerprint density at radius 3 is 2.25 bits per heavy atom. The van der Waals surface area contributed by atoms with Crippen molar-refractivity contribution in [2.75, 3.05) is 5.32 Å². The first-order valence-corrected chi connectivity index (χ1v) is 11.4. The van der Waals surface area contributed by atoms with Crippen molar-refractivity contribution in [2.24, 2.45) is 0 Å². The molecule has 0 saturated carbocycles. The quantitative estimate of drug-likeness (QED) is 0.427. The zero-order valence-electron chi connectivity index (χ0n) is 19.2. The van der Waals surface area contributed by atoms with Crippen molar-refractivity contribution in [3.05, 3.63) is 80.2 Å². The number of benzene rings is 2. The second-order valence-corrected chi connectivity index (χ2v) is 9.68. The van der Waals surface area contributed by atoms with Crippen LogP contribution in [-0.4, -0.2) is 15.5 Å². The number of fused-ring (bicyclic) bond motifs is 1.